The molecule has 0 aromatic carbocycles. The van der Waals surface area contributed by atoms with E-state index in [2.05, 4.69) is 25.3 Å². The molecule has 1 fully saturated rings. The molecule has 2 aromatic rings. The number of rotatable bonds is 5. The highest BCUT2D eigenvalue weighted by atomic mass is 32.1. The van der Waals surface area contributed by atoms with E-state index in [0.29, 0.717) is 48.6 Å². The van der Waals surface area contributed by atoms with Crippen molar-refractivity contribution in [3.63, 3.8) is 0 Å². The van der Waals surface area contributed by atoms with Crippen LogP contribution in [0.4, 0.5) is 5.95 Å². The first kappa shape index (κ1) is 16.5. The molecule has 0 unspecified atom stereocenters. The van der Waals surface area contributed by atoms with E-state index in [1.165, 1.54) is 18.4 Å². The highest BCUT2D eigenvalue weighted by Gasteiger charge is 2.18. The van der Waals surface area contributed by atoms with Gasteiger partial charge in [-0.15, -0.1) is 11.3 Å². The van der Waals surface area contributed by atoms with Crippen molar-refractivity contribution >= 4 is 23.2 Å². The van der Waals surface area contributed by atoms with Gasteiger partial charge in [-0.05, 0) is 6.92 Å². The summed E-state index contributed by atoms with van der Waals surface area (Å²) in [6.07, 6.45) is 0. The van der Waals surface area contributed by atoms with Gasteiger partial charge in [-0.25, -0.2) is 4.98 Å². The van der Waals surface area contributed by atoms with Gasteiger partial charge in [-0.3, -0.25) is 4.79 Å². The fourth-order valence-electron chi connectivity index (χ4n) is 2.22. The average Bonchev–Trinajstić information content (AvgIpc) is 3.06. The number of amides is 1. The molecule has 3 rings (SSSR count). The molecular formula is C14H18N6O3S. The predicted octanol–water partition coefficient (Wildman–Crippen LogP) is 0.412. The number of hydrogen-bond acceptors (Lipinski definition) is 9. The molecule has 0 aliphatic carbocycles. The number of ether oxygens (including phenoxy) is 2. The lowest BCUT2D eigenvalue weighted by atomic mass is 10.3. The highest BCUT2D eigenvalue weighted by molar-refractivity contribution is 7.11. The summed E-state index contributed by atoms with van der Waals surface area (Å²) in [4.78, 5) is 31.7. The van der Waals surface area contributed by atoms with Gasteiger partial charge >= 0.3 is 6.01 Å². The maximum absolute atomic E-state index is 12.2. The molecule has 2 aromatic heterocycles. The lowest BCUT2D eigenvalue weighted by Crippen LogP contribution is -2.37. The second-order valence-corrected chi connectivity index (χ2v) is 5.94. The first-order valence-corrected chi connectivity index (χ1v) is 8.35. The molecule has 0 atom stereocenters. The van der Waals surface area contributed by atoms with Gasteiger partial charge in [0, 0.05) is 13.1 Å². The topological polar surface area (TPSA) is 102 Å². The zero-order valence-corrected chi connectivity index (χ0v) is 14.3. The van der Waals surface area contributed by atoms with Gasteiger partial charge < -0.3 is 19.7 Å². The standard InChI is InChI=1S/C14H18N6O3S/c1-9-11(24-8-16-9)12(21)15-7-10-17-13(19-14(18-10)22-2)20-3-5-23-6-4-20/h8H,3-7H2,1-2H3,(H,15,21). The summed E-state index contributed by atoms with van der Waals surface area (Å²) >= 11 is 1.30. The predicted molar refractivity (Wildman–Crippen MR) is 87.4 cm³/mol. The van der Waals surface area contributed by atoms with Crippen LogP contribution < -0.4 is 15.0 Å². The van der Waals surface area contributed by atoms with Crippen LogP contribution in [0.2, 0.25) is 0 Å². The van der Waals surface area contributed by atoms with Crippen molar-refractivity contribution in [3.8, 4) is 6.01 Å². The van der Waals surface area contributed by atoms with E-state index in [1.807, 2.05) is 4.90 Å². The van der Waals surface area contributed by atoms with Gasteiger partial charge in [-0.2, -0.15) is 15.0 Å². The van der Waals surface area contributed by atoms with E-state index in [-0.39, 0.29) is 18.5 Å². The largest absolute Gasteiger partial charge is 0.467 e. The quantitative estimate of drug-likeness (QED) is 0.827. The minimum atomic E-state index is -0.192. The lowest BCUT2D eigenvalue weighted by Gasteiger charge is -2.26. The second kappa shape index (κ2) is 7.49. The number of thiazole rings is 1. The first-order valence-electron chi connectivity index (χ1n) is 7.47. The summed E-state index contributed by atoms with van der Waals surface area (Å²) in [6, 6.07) is 0.227. The van der Waals surface area contributed by atoms with E-state index in [1.54, 1.807) is 12.4 Å². The molecule has 9 nitrogen and oxygen atoms in total. The first-order chi connectivity index (χ1) is 11.7. The molecule has 3 heterocycles. The Morgan fingerprint density at radius 1 is 1.38 bits per heavy atom. The van der Waals surface area contributed by atoms with Gasteiger partial charge in [0.25, 0.3) is 5.91 Å². The normalized spacial score (nSPS) is 14.5. The zero-order chi connectivity index (χ0) is 16.9. The van der Waals surface area contributed by atoms with Crippen LogP contribution in [0.1, 0.15) is 21.2 Å². The van der Waals surface area contributed by atoms with Crippen molar-refractivity contribution in [3.05, 3.63) is 21.9 Å². The van der Waals surface area contributed by atoms with Crippen molar-refractivity contribution in [2.75, 3.05) is 38.3 Å². The minimum Gasteiger partial charge on any atom is -0.467 e. The van der Waals surface area contributed by atoms with E-state index in [0.717, 1.165) is 0 Å². The Morgan fingerprint density at radius 2 is 2.17 bits per heavy atom. The van der Waals surface area contributed by atoms with Crippen LogP contribution in [-0.2, 0) is 11.3 Å². The molecular weight excluding hydrogens is 332 g/mol. The van der Waals surface area contributed by atoms with E-state index in [4.69, 9.17) is 9.47 Å². The number of methoxy groups -OCH3 is 1. The number of nitrogens with one attached hydrogen (secondary N) is 1. The SMILES string of the molecule is COc1nc(CNC(=O)c2scnc2C)nc(N2CCOCC2)n1. The molecule has 1 aliphatic rings. The smallest absolute Gasteiger partial charge is 0.321 e. The maximum Gasteiger partial charge on any atom is 0.321 e. The summed E-state index contributed by atoms with van der Waals surface area (Å²) < 4.78 is 10.5. The van der Waals surface area contributed by atoms with Crippen molar-refractivity contribution in [1.29, 1.82) is 0 Å². The fourth-order valence-corrected chi connectivity index (χ4v) is 2.94. The van der Waals surface area contributed by atoms with Crippen LogP contribution in [0.25, 0.3) is 0 Å². The highest BCUT2D eigenvalue weighted by Crippen LogP contribution is 2.15. The molecule has 1 saturated heterocycles. The van der Waals surface area contributed by atoms with E-state index < -0.39 is 0 Å². The average molecular weight is 350 g/mol. The van der Waals surface area contributed by atoms with Gasteiger partial charge in [0.2, 0.25) is 5.95 Å². The molecule has 0 radical (unpaired) electrons. The minimum absolute atomic E-state index is 0.187. The number of aromatic nitrogens is 4. The summed E-state index contributed by atoms with van der Waals surface area (Å²) in [5.74, 6) is 0.782. The number of carbonyl (C=O) groups excluding carboxylic acids is 1. The Labute approximate surface area is 143 Å². The summed E-state index contributed by atoms with van der Waals surface area (Å²) in [5.41, 5.74) is 2.35. The molecule has 24 heavy (non-hydrogen) atoms. The Balaban J connectivity index is 1.72. The molecule has 0 spiro atoms. The van der Waals surface area contributed by atoms with Crippen molar-refractivity contribution in [2.45, 2.75) is 13.5 Å². The van der Waals surface area contributed by atoms with Crippen LogP contribution >= 0.6 is 11.3 Å². The number of hydrogen-bond donors (Lipinski definition) is 1. The molecule has 1 amide bonds. The summed E-state index contributed by atoms with van der Waals surface area (Å²) in [5, 5.41) is 2.80. The molecule has 128 valence electrons. The molecule has 1 N–H and O–H groups in total. The van der Waals surface area contributed by atoms with Gasteiger partial charge in [0.15, 0.2) is 5.82 Å². The van der Waals surface area contributed by atoms with Gasteiger partial charge in [0.1, 0.15) is 4.88 Å². The number of aryl methyl sites for hydroxylation is 1. The second-order valence-electron chi connectivity index (χ2n) is 5.09. The summed E-state index contributed by atoms with van der Waals surface area (Å²) in [7, 11) is 1.50. The Bertz CT molecular complexity index is 716. The van der Waals surface area contributed by atoms with Crippen LogP contribution in [0.5, 0.6) is 6.01 Å². The van der Waals surface area contributed by atoms with Gasteiger partial charge in [-0.1, -0.05) is 0 Å². The summed E-state index contributed by atoms with van der Waals surface area (Å²) in [6.45, 7) is 4.66. The monoisotopic (exact) mass is 350 g/mol. The molecule has 0 saturated carbocycles. The number of carbonyl (C=O) groups is 1. The van der Waals surface area contributed by atoms with E-state index >= 15 is 0 Å². The van der Waals surface area contributed by atoms with Gasteiger partial charge in [0.05, 0.1) is 38.1 Å². The van der Waals surface area contributed by atoms with Crippen LogP contribution in [-0.4, -0.2) is 59.3 Å². The lowest BCUT2D eigenvalue weighted by molar-refractivity contribution is 0.0953. The third-order valence-electron chi connectivity index (χ3n) is 3.48. The van der Waals surface area contributed by atoms with Crippen LogP contribution in [0.15, 0.2) is 5.51 Å². The number of morpholine rings is 1. The van der Waals surface area contributed by atoms with Crippen molar-refractivity contribution < 1.29 is 14.3 Å². The van der Waals surface area contributed by atoms with Crippen molar-refractivity contribution in [2.24, 2.45) is 0 Å². The van der Waals surface area contributed by atoms with Crippen LogP contribution in [0.3, 0.4) is 0 Å². The number of anilines is 1. The van der Waals surface area contributed by atoms with Crippen LogP contribution in [0, 0.1) is 6.92 Å². The fraction of sp³-hybridized carbons (Fsp3) is 0.500. The zero-order valence-electron chi connectivity index (χ0n) is 13.5. The maximum atomic E-state index is 12.2. The number of nitrogens with zero attached hydrogens (tertiary/aromatic N) is 5. The van der Waals surface area contributed by atoms with Crippen molar-refractivity contribution in [1.82, 2.24) is 25.3 Å². The van der Waals surface area contributed by atoms with E-state index in [9.17, 15) is 4.79 Å². The Morgan fingerprint density at radius 3 is 2.83 bits per heavy atom. The molecule has 1 aliphatic heterocycles. The third kappa shape index (κ3) is 3.77. The Hall–Kier alpha value is -2.33. The Kier molecular flexibility index (Phi) is 5.16. The molecule has 0 bridgehead atoms. The third-order valence-corrected chi connectivity index (χ3v) is 4.41. The molecule has 10 heteroatoms.